The monoisotopic (exact) mass is 330 g/mol. The van der Waals surface area contributed by atoms with E-state index in [2.05, 4.69) is 20.9 Å². The Hall–Kier alpha value is -2.25. The number of rotatable bonds is 7. The Morgan fingerprint density at radius 1 is 1.04 bits per heavy atom. The van der Waals surface area contributed by atoms with Crippen molar-refractivity contribution in [1.82, 2.24) is 16.0 Å². The number of carbonyl (C=O) groups excluding carboxylic acids is 1. The molecule has 3 N–H and O–H groups in total. The number of hydrogen-bond acceptors (Lipinski definition) is 2. The van der Waals surface area contributed by atoms with Crippen molar-refractivity contribution in [1.29, 1.82) is 0 Å². The van der Waals surface area contributed by atoms with Crippen LogP contribution in [0, 0.1) is 0 Å². The van der Waals surface area contributed by atoms with Gasteiger partial charge < -0.3 is 16.0 Å². The number of benzene rings is 1. The normalized spacial score (nSPS) is 11.9. The smallest absolute Gasteiger partial charge is 0.356 e. The number of nitrogens with one attached hydrogen (secondary N) is 3. The van der Waals surface area contributed by atoms with Gasteiger partial charge in [0.1, 0.15) is 0 Å². The maximum atomic E-state index is 12.0. The number of carbonyl (C=O) groups is 1. The van der Waals surface area contributed by atoms with E-state index in [1.165, 1.54) is 7.05 Å². The standard InChI is InChI=1S/C15H21F3N4O/c1-19-14(22-11-8-15(16,17)18)21-10-5-9-20-13(23)12-6-3-2-4-7-12/h2-4,6-7H,5,8-11H2,1H3,(H,20,23)(H2,19,21,22). The van der Waals surface area contributed by atoms with E-state index in [-0.39, 0.29) is 12.5 Å². The zero-order chi connectivity index (χ0) is 17.1. The predicted molar refractivity (Wildman–Crippen MR) is 83.4 cm³/mol. The molecule has 0 atom stereocenters. The van der Waals surface area contributed by atoms with Crippen LogP contribution in [-0.2, 0) is 0 Å². The van der Waals surface area contributed by atoms with Crippen LogP contribution >= 0.6 is 0 Å². The van der Waals surface area contributed by atoms with Gasteiger partial charge in [0, 0.05) is 32.2 Å². The second-order valence-corrected chi connectivity index (χ2v) is 4.77. The summed E-state index contributed by atoms with van der Waals surface area (Å²) in [4.78, 5) is 15.6. The van der Waals surface area contributed by atoms with Crippen molar-refractivity contribution in [2.75, 3.05) is 26.7 Å². The van der Waals surface area contributed by atoms with Crippen molar-refractivity contribution in [3.8, 4) is 0 Å². The van der Waals surface area contributed by atoms with Gasteiger partial charge in [0.15, 0.2) is 5.96 Å². The summed E-state index contributed by atoms with van der Waals surface area (Å²) in [5.74, 6) is 0.155. The summed E-state index contributed by atoms with van der Waals surface area (Å²) in [5.41, 5.74) is 0.588. The van der Waals surface area contributed by atoms with E-state index < -0.39 is 12.6 Å². The summed E-state index contributed by atoms with van der Waals surface area (Å²) in [6.45, 7) is 0.717. The summed E-state index contributed by atoms with van der Waals surface area (Å²) in [5, 5.41) is 8.24. The minimum absolute atomic E-state index is 0.154. The molecule has 0 heterocycles. The fraction of sp³-hybridized carbons (Fsp3) is 0.467. The molecule has 0 fully saturated rings. The highest BCUT2D eigenvalue weighted by Gasteiger charge is 2.26. The molecule has 1 aromatic rings. The van der Waals surface area contributed by atoms with E-state index in [1.54, 1.807) is 24.3 Å². The summed E-state index contributed by atoms with van der Waals surface area (Å²) in [7, 11) is 1.49. The first kappa shape index (κ1) is 18.8. The highest BCUT2D eigenvalue weighted by atomic mass is 19.4. The van der Waals surface area contributed by atoms with Crippen LogP contribution < -0.4 is 16.0 Å². The molecule has 0 radical (unpaired) electrons. The zero-order valence-electron chi connectivity index (χ0n) is 12.9. The van der Waals surface area contributed by atoms with Gasteiger partial charge in [-0.15, -0.1) is 0 Å². The SMILES string of the molecule is CN=C(NCCCNC(=O)c1ccccc1)NCCC(F)(F)F. The molecule has 0 unspecified atom stereocenters. The van der Waals surface area contributed by atoms with Gasteiger partial charge >= 0.3 is 6.18 Å². The third-order valence-corrected chi connectivity index (χ3v) is 2.89. The topological polar surface area (TPSA) is 65.5 Å². The van der Waals surface area contributed by atoms with Gasteiger partial charge in [-0.2, -0.15) is 13.2 Å². The molecule has 23 heavy (non-hydrogen) atoms. The highest BCUT2D eigenvalue weighted by Crippen LogP contribution is 2.17. The van der Waals surface area contributed by atoms with Crippen LogP contribution in [0.4, 0.5) is 13.2 Å². The second-order valence-electron chi connectivity index (χ2n) is 4.77. The average molecular weight is 330 g/mol. The number of nitrogens with zero attached hydrogens (tertiary/aromatic N) is 1. The first-order valence-corrected chi connectivity index (χ1v) is 7.27. The number of alkyl halides is 3. The van der Waals surface area contributed by atoms with Crippen LogP contribution in [-0.4, -0.2) is 44.7 Å². The van der Waals surface area contributed by atoms with E-state index in [0.29, 0.717) is 31.0 Å². The van der Waals surface area contributed by atoms with Crippen LogP contribution in [0.2, 0.25) is 0 Å². The zero-order valence-corrected chi connectivity index (χ0v) is 12.9. The van der Waals surface area contributed by atoms with E-state index >= 15 is 0 Å². The molecule has 0 aliphatic rings. The maximum Gasteiger partial charge on any atom is 0.390 e. The van der Waals surface area contributed by atoms with Crippen LogP contribution in [0.15, 0.2) is 35.3 Å². The lowest BCUT2D eigenvalue weighted by molar-refractivity contribution is -0.132. The van der Waals surface area contributed by atoms with E-state index in [9.17, 15) is 18.0 Å². The molecule has 0 aliphatic carbocycles. The Labute approximate surface area is 133 Å². The Kier molecular flexibility index (Phi) is 7.93. The molecule has 1 rings (SSSR count). The first-order chi connectivity index (χ1) is 10.9. The van der Waals surface area contributed by atoms with Crippen molar-refractivity contribution >= 4 is 11.9 Å². The summed E-state index contributed by atoms with van der Waals surface area (Å²) < 4.78 is 36.1. The molecule has 8 heteroatoms. The van der Waals surface area contributed by atoms with E-state index in [4.69, 9.17) is 0 Å². The molecule has 1 amide bonds. The van der Waals surface area contributed by atoms with Crippen LogP contribution in [0.25, 0.3) is 0 Å². The van der Waals surface area contributed by atoms with Gasteiger partial charge in [0.05, 0.1) is 6.42 Å². The van der Waals surface area contributed by atoms with Gasteiger partial charge in [0.25, 0.3) is 5.91 Å². The number of aliphatic imine (C=N–C) groups is 1. The van der Waals surface area contributed by atoms with Crippen molar-refractivity contribution < 1.29 is 18.0 Å². The lowest BCUT2D eigenvalue weighted by Crippen LogP contribution is -2.40. The van der Waals surface area contributed by atoms with Gasteiger partial charge in [-0.3, -0.25) is 9.79 Å². The molecule has 0 spiro atoms. The summed E-state index contributed by atoms with van der Waals surface area (Å²) in [6.07, 6.45) is -4.48. The molecular formula is C15H21F3N4O. The van der Waals surface area contributed by atoms with Gasteiger partial charge in [-0.1, -0.05) is 18.2 Å². The van der Waals surface area contributed by atoms with Crippen molar-refractivity contribution in [3.05, 3.63) is 35.9 Å². The Morgan fingerprint density at radius 2 is 1.65 bits per heavy atom. The van der Waals surface area contributed by atoms with Crippen LogP contribution in [0.3, 0.4) is 0 Å². The Balaban J connectivity index is 2.14. The van der Waals surface area contributed by atoms with Gasteiger partial charge in [0.2, 0.25) is 0 Å². The molecule has 0 saturated heterocycles. The quantitative estimate of drug-likeness (QED) is 0.407. The Bertz CT molecular complexity index is 503. The van der Waals surface area contributed by atoms with Crippen LogP contribution in [0.1, 0.15) is 23.2 Å². The minimum atomic E-state index is -4.19. The van der Waals surface area contributed by atoms with Gasteiger partial charge in [-0.05, 0) is 18.6 Å². The number of guanidine groups is 1. The molecule has 0 bridgehead atoms. The van der Waals surface area contributed by atoms with E-state index in [0.717, 1.165) is 0 Å². The maximum absolute atomic E-state index is 12.0. The largest absolute Gasteiger partial charge is 0.390 e. The third-order valence-electron chi connectivity index (χ3n) is 2.89. The molecule has 1 aromatic carbocycles. The lowest BCUT2D eigenvalue weighted by Gasteiger charge is -2.13. The second kappa shape index (κ2) is 9.70. The minimum Gasteiger partial charge on any atom is -0.356 e. The van der Waals surface area contributed by atoms with Crippen molar-refractivity contribution in [2.24, 2.45) is 4.99 Å². The first-order valence-electron chi connectivity index (χ1n) is 7.27. The molecule has 0 aliphatic heterocycles. The number of halogens is 3. The van der Waals surface area contributed by atoms with Gasteiger partial charge in [-0.25, -0.2) is 0 Å². The lowest BCUT2D eigenvalue weighted by atomic mass is 10.2. The van der Waals surface area contributed by atoms with Crippen LogP contribution in [0.5, 0.6) is 0 Å². The van der Waals surface area contributed by atoms with E-state index in [1.807, 2.05) is 6.07 Å². The molecular weight excluding hydrogens is 309 g/mol. The summed E-state index contributed by atoms with van der Waals surface area (Å²) >= 11 is 0. The fourth-order valence-electron chi connectivity index (χ4n) is 1.73. The Morgan fingerprint density at radius 3 is 2.26 bits per heavy atom. The van der Waals surface area contributed by atoms with Crippen molar-refractivity contribution in [2.45, 2.75) is 19.0 Å². The molecule has 128 valence electrons. The molecule has 0 saturated carbocycles. The third kappa shape index (κ3) is 8.70. The van der Waals surface area contributed by atoms with Crippen molar-refractivity contribution in [3.63, 3.8) is 0 Å². The fourth-order valence-corrected chi connectivity index (χ4v) is 1.73. The average Bonchev–Trinajstić information content (AvgIpc) is 2.52. The summed E-state index contributed by atoms with van der Waals surface area (Å²) in [6, 6.07) is 8.85. The number of hydrogen-bond donors (Lipinski definition) is 3. The highest BCUT2D eigenvalue weighted by molar-refractivity contribution is 5.94. The molecule has 0 aromatic heterocycles. The number of amides is 1. The predicted octanol–water partition coefficient (Wildman–Crippen LogP) is 1.92. The molecule has 5 nitrogen and oxygen atoms in total.